The second kappa shape index (κ2) is 4.94. The van der Waals surface area contributed by atoms with Gasteiger partial charge < -0.3 is 10.2 Å². The number of nitrogens with one attached hydrogen (secondary N) is 1. The van der Waals surface area contributed by atoms with Crippen molar-refractivity contribution in [1.82, 2.24) is 10.2 Å². The maximum Gasteiger partial charge on any atom is 0.433 e. The molecule has 0 aromatic carbocycles. The van der Waals surface area contributed by atoms with Crippen molar-refractivity contribution in [2.75, 3.05) is 19.6 Å². The highest BCUT2D eigenvalue weighted by Crippen LogP contribution is 1.99. The quantitative estimate of drug-likeness (QED) is 0.373. The van der Waals surface area contributed by atoms with Crippen LogP contribution in [0.25, 0.3) is 0 Å². The molecule has 0 aromatic rings. The van der Waals surface area contributed by atoms with Crippen molar-refractivity contribution >= 4 is 21.4 Å². The minimum absolute atomic E-state index is 0.0436. The summed E-state index contributed by atoms with van der Waals surface area (Å²) in [5.74, 6) is 4.69. The molecular weight excluding hydrogens is 210 g/mol. The third-order valence-electron chi connectivity index (χ3n) is 1.83. The first-order chi connectivity index (χ1) is 6.66. The summed E-state index contributed by atoms with van der Waals surface area (Å²) >= 11 is 0. The van der Waals surface area contributed by atoms with E-state index in [2.05, 4.69) is 10.2 Å². The fourth-order valence-corrected chi connectivity index (χ4v) is 1.75. The Hall–Kier alpha value is -1.12. The van der Waals surface area contributed by atoms with Gasteiger partial charge >= 0.3 is 6.09 Å². The topological polar surface area (TPSA) is 102 Å². The molecule has 0 spiro atoms. The van der Waals surface area contributed by atoms with Crippen LogP contribution in [0.5, 0.6) is 0 Å². The van der Waals surface area contributed by atoms with Gasteiger partial charge in [0.15, 0.2) is 4.99 Å². The molecule has 0 radical (unpaired) electrons. The zero-order chi connectivity index (χ0) is 10.6. The lowest BCUT2D eigenvalue weighted by atomic mass is 10.4. The molecule has 0 aliphatic carbocycles. The molecule has 1 rings (SSSR count). The first-order valence-corrected chi connectivity index (χ1v) is 5.08. The maximum absolute atomic E-state index is 11.1. The summed E-state index contributed by atoms with van der Waals surface area (Å²) < 4.78 is 21.5. The Balaban J connectivity index is 2.97. The third kappa shape index (κ3) is 2.44. The summed E-state index contributed by atoms with van der Waals surface area (Å²) in [5, 5.41) is 2.87. The lowest BCUT2D eigenvalue weighted by Crippen LogP contribution is -2.41. The molecule has 8 heteroatoms. The molecule has 0 saturated carbocycles. The number of nitrogens with zero attached hydrogens (tertiary/aromatic N) is 1. The van der Waals surface area contributed by atoms with Crippen LogP contribution >= 0.6 is 0 Å². The van der Waals surface area contributed by atoms with Crippen LogP contribution in [0, 0.1) is 0 Å². The Morgan fingerprint density at radius 1 is 1.57 bits per heavy atom. The van der Waals surface area contributed by atoms with E-state index in [4.69, 9.17) is 5.90 Å². The molecule has 14 heavy (non-hydrogen) atoms. The average molecular weight is 221 g/mol. The van der Waals surface area contributed by atoms with Gasteiger partial charge in [0, 0.05) is 6.54 Å². The van der Waals surface area contributed by atoms with Crippen LogP contribution in [0.2, 0.25) is 0 Å². The molecule has 0 atom stereocenters. The van der Waals surface area contributed by atoms with Crippen molar-refractivity contribution in [3.63, 3.8) is 0 Å². The van der Waals surface area contributed by atoms with Gasteiger partial charge in [-0.25, -0.2) is 4.79 Å². The molecule has 1 fully saturated rings. The van der Waals surface area contributed by atoms with Crippen LogP contribution in [-0.4, -0.2) is 44.0 Å². The van der Waals surface area contributed by atoms with Crippen LogP contribution in [-0.2, 0) is 15.1 Å². The van der Waals surface area contributed by atoms with Gasteiger partial charge in [-0.05, 0) is 13.0 Å². The monoisotopic (exact) mass is 221 g/mol. The Labute approximate surface area is 82.3 Å². The third-order valence-corrected chi connectivity index (χ3v) is 2.58. The zero-order valence-corrected chi connectivity index (χ0v) is 8.21. The van der Waals surface area contributed by atoms with Gasteiger partial charge in [0.2, 0.25) is 10.3 Å². The first-order valence-electron chi connectivity index (χ1n) is 4.01. The lowest BCUT2D eigenvalue weighted by Gasteiger charge is -2.16. The van der Waals surface area contributed by atoms with E-state index in [-0.39, 0.29) is 18.1 Å². The van der Waals surface area contributed by atoms with E-state index in [0.29, 0.717) is 13.0 Å². The number of hydrogen-bond acceptors (Lipinski definition) is 6. The summed E-state index contributed by atoms with van der Waals surface area (Å²) in [5.41, 5.74) is 0. The van der Waals surface area contributed by atoms with Crippen molar-refractivity contribution in [3.8, 4) is 0 Å². The maximum atomic E-state index is 11.1. The van der Waals surface area contributed by atoms with E-state index in [1.807, 2.05) is 0 Å². The average Bonchev–Trinajstić information content (AvgIpc) is 2.41. The number of hydrogen-bond donors (Lipinski definition) is 2. The summed E-state index contributed by atoms with van der Waals surface area (Å²) in [6, 6.07) is 0. The molecule has 7 nitrogen and oxygen atoms in total. The summed E-state index contributed by atoms with van der Waals surface area (Å²) in [6.45, 7) is 1.05. The van der Waals surface area contributed by atoms with Crippen LogP contribution in [0.1, 0.15) is 6.42 Å². The zero-order valence-electron chi connectivity index (χ0n) is 7.39. The Morgan fingerprint density at radius 2 is 2.29 bits per heavy atom. The predicted octanol–water partition coefficient (Wildman–Crippen LogP) is -1.70. The van der Waals surface area contributed by atoms with Crippen molar-refractivity contribution in [3.05, 3.63) is 0 Å². The van der Waals surface area contributed by atoms with Gasteiger partial charge in [0.05, 0.1) is 6.54 Å². The second-order valence-corrected chi connectivity index (χ2v) is 3.63. The van der Waals surface area contributed by atoms with Crippen molar-refractivity contribution in [1.29, 1.82) is 0 Å². The fraction of sp³-hybridized carbons (Fsp3) is 0.667. The highest BCUT2D eigenvalue weighted by Gasteiger charge is 2.23. The first kappa shape index (κ1) is 11.0. The molecule has 0 aromatic heterocycles. The largest absolute Gasteiger partial charge is 0.433 e. The molecule has 1 aliphatic rings. The van der Waals surface area contributed by atoms with E-state index >= 15 is 0 Å². The van der Waals surface area contributed by atoms with Gasteiger partial charge in [0.1, 0.15) is 0 Å². The summed E-state index contributed by atoms with van der Waals surface area (Å²) in [7, 11) is -2.44. The summed E-state index contributed by atoms with van der Waals surface area (Å²) in [6.07, 6.45) is -0.205. The molecule has 3 N–H and O–H groups in total. The van der Waals surface area contributed by atoms with Crippen molar-refractivity contribution in [2.45, 2.75) is 6.42 Å². The number of carbonyl (C=O) groups excluding carboxylic acids is 1. The standard InChI is InChI=1S/C6H11N3O4S/c7-13-6(10)9-3-1-2-8-4-5(9)14(11)12/h8H,1-4,7H2. The molecule has 0 bridgehead atoms. The second-order valence-electron chi connectivity index (χ2n) is 2.69. The molecular formula is C6H11N3O4S. The minimum atomic E-state index is -2.44. The Bertz CT molecular complexity index is 342. The van der Waals surface area contributed by atoms with E-state index < -0.39 is 16.4 Å². The van der Waals surface area contributed by atoms with E-state index in [0.717, 1.165) is 4.90 Å². The number of amides is 1. The predicted molar refractivity (Wildman–Crippen MR) is 48.8 cm³/mol. The van der Waals surface area contributed by atoms with Crippen LogP contribution in [0.15, 0.2) is 0 Å². The highest BCUT2D eigenvalue weighted by molar-refractivity contribution is 7.73. The van der Waals surface area contributed by atoms with E-state index in [9.17, 15) is 13.2 Å². The van der Waals surface area contributed by atoms with Gasteiger partial charge in [-0.3, -0.25) is 4.90 Å². The Kier molecular flexibility index (Phi) is 3.86. The van der Waals surface area contributed by atoms with Crippen molar-refractivity contribution in [2.24, 2.45) is 5.90 Å². The normalized spacial score (nSPS) is 17.5. The SMILES string of the molecule is NOC(=O)N1CCCNCC1=S(=O)=O. The number of nitrogens with two attached hydrogens (primary N) is 1. The molecule has 1 saturated heterocycles. The molecule has 0 unspecified atom stereocenters. The van der Waals surface area contributed by atoms with Gasteiger partial charge in [-0.1, -0.05) is 0 Å². The highest BCUT2D eigenvalue weighted by atomic mass is 32.2. The molecule has 1 heterocycles. The molecule has 1 aliphatic heterocycles. The minimum Gasteiger partial charge on any atom is -0.356 e. The van der Waals surface area contributed by atoms with Gasteiger partial charge in [0.25, 0.3) is 0 Å². The van der Waals surface area contributed by atoms with Gasteiger partial charge in [-0.15, -0.1) is 0 Å². The molecule has 1 amide bonds. The number of carbonyl (C=O) groups is 1. The van der Waals surface area contributed by atoms with E-state index in [1.165, 1.54) is 0 Å². The fourth-order valence-electron chi connectivity index (χ4n) is 1.18. The summed E-state index contributed by atoms with van der Waals surface area (Å²) in [4.78, 5) is 16.1. The smallest absolute Gasteiger partial charge is 0.356 e. The van der Waals surface area contributed by atoms with Crippen molar-refractivity contribution < 1.29 is 18.0 Å². The number of rotatable bonds is 0. The molecule has 80 valence electrons. The van der Waals surface area contributed by atoms with Crippen LogP contribution in [0.3, 0.4) is 0 Å². The van der Waals surface area contributed by atoms with Crippen LogP contribution in [0.4, 0.5) is 4.79 Å². The Morgan fingerprint density at radius 3 is 2.86 bits per heavy atom. The lowest BCUT2D eigenvalue weighted by molar-refractivity contribution is 0.124. The van der Waals surface area contributed by atoms with Crippen LogP contribution < -0.4 is 11.2 Å². The van der Waals surface area contributed by atoms with Gasteiger partial charge in [-0.2, -0.15) is 14.3 Å². The van der Waals surface area contributed by atoms with E-state index in [1.54, 1.807) is 0 Å².